The second-order valence-corrected chi connectivity index (χ2v) is 14.5. The van der Waals surface area contributed by atoms with Gasteiger partial charge in [-0.2, -0.15) is 0 Å². The van der Waals surface area contributed by atoms with Crippen LogP contribution in [-0.2, 0) is 5.41 Å². The van der Waals surface area contributed by atoms with E-state index in [2.05, 4.69) is 26.0 Å². The molecule has 2 bridgehead atoms. The lowest BCUT2D eigenvalue weighted by Gasteiger charge is -2.54. The van der Waals surface area contributed by atoms with E-state index in [-0.39, 0.29) is 5.97 Å². The Kier molecular flexibility index (Phi) is 11.7. The van der Waals surface area contributed by atoms with Gasteiger partial charge in [0.15, 0.2) is 0 Å². The number of rotatable bonds is 16. The monoisotopic (exact) mass is 586 g/mol. The Bertz CT molecular complexity index is 1080. The van der Waals surface area contributed by atoms with Crippen LogP contribution < -0.4 is 9.47 Å². The zero-order valence-electron chi connectivity index (χ0n) is 27.3. The van der Waals surface area contributed by atoms with E-state index in [1.807, 2.05) is 36.4 Å². The van der Waals surface area contributed by atoms with E-state index in [4.69, 9.17) is 9.47 Å². The first-order valence-corrected chi connectivity index (χ1v) is 18.1. The third kappa shape index (κ3) is 8.67. The molecular weight excluding hydrogens is 528 g/mol. The summed E-state index contributed by atoms with van der Waals surface area (Å²) in [5, 5.41) is 0. The maximum Gasteiger partial charge on any atom is 0.343 e. The largest absolute Gasteiger partial charge is 0.494 e. The SMILES string of the molecule is CCCCCC1CCC(CCCOc2ccc(OC(=O)c3ccc(C45CCC(CCCCC)(CC4)CC5)cc3)cc2)CC1. The third-order valence-corrected chi connectivity index (χ3v) is 11.7. The van der Waals surface area contributed by atoms with Crippen molar-refractivity contribution in [3.63, 3.8) is 0 Å². The van der Waals surface area contributed by atoms with Gasteiger partial charge in [-0.3, -0.25) is 0 Å². The van der Waals surface area contributed by atoms with Crippen LogP contribution in [0, 0.1) is 17.3 Å². The average molecular weight is 587 g/mol. The predicted molar refractivity (Wildman–Crippen MR) is 178 cm³/mol. The van der Waals surface area contributed by atoms with Gasteiger partial charge in [0.1, 0.15) is 11.5 Å². The second kappa shape index (κ2) is 15.6. The molecule has 3 nitrogen and oxygen atoms in total. The van der Waals surface area contributed by atoms with E-state index in [0.717, 1.165) is 30.6 Å². The van der Waals surface area contributed by atoms with Crippen molar-refractivity contribution in [3.8, 4) is 11.5 Å². The van der Waals surface area contributed by atoms with Gasteiger partial charge in [0.25, 0.3) is 0 Å². The van der Waals surface area contributed by atoms with Crippen molar-refractivity contribution in [1.29, 1.82) is 0 Å². The highest BCUT2D eigenvalue weighted by molar-refractivity contribution is 5.91. The van der Waals surface area contributed by atoms with Crippen LogP contribution in [0.15, 0.2) is 48.5 Å². The van der Waals surface area contributed by atoms with E-state index in [9.17, 15) is 4.79 Å². The molecular formula is C40H58O3. The minimum atomic E-state index is -0.292. The Morgan fingerprint density at radius 2 is 1.23 bits per heavy atom. The minimum Gasteiger partial charge on any atom is -0.494 e. The first-order chi connectivity index (χ1) is 21.0. The molecule has 6 rings (SSSR count). The van der Waals surface area contributed by atoms with Gasteiger partial charge in [0, 0.05) is 0 Å². The number of fused-ring (bicyclic) bond motifs is 3. The molecule has 0 heterocycles. The van der Waals surface area contributed by atoms with Gasteiger partial charge in [-0.1, -0.05) is 96.6 Å². The van der Waals surface area contributed by atoms with Crippen LogP contribution in [0.3, 0.4) is 0 Å². The van der Waals surface area contributed by atoms with Crippen LogP contribution in [0.4, 0.5) is 0 Å². The van der Waals surface area contributed by atoms with Gasteiger partial charge in [0.2, 0.25) is 0 Å². The maximum absolute atomic E-state index is 12.9. The van der Waals surface area contributed by atoms with Crippen LogP contribution in [0.1, 0.15) is 158 Å². The molecule has 43 heavy (non-hydrogen) atoms. The van der Waals surface area contributed by atoms with Crippen molar-refractivity contribution in [1.82, 2.24) is 0 Å². The van der Waals surface area contributed by atoms with Crippen LogP contribution in [-0.4, -0.2) is 12.6 Å². The smallest absolute Gasteiger partial charge is 0.343 e. The Labute approximate surface area is 262 Å². The summed E-state index contributed by atoms with van der Waals surface area (Å²) in [6.07, 6.45) is 27.2. The van der Waals surface area contributed by atoms with Crippen LogP contribution in [0.5, 0.6) is 11.5 Å². The molecule has 4 aliphatic carbocycles. The van der Waals surface area contributed by atoms with Gasteiger partial charge in [-0.05, 0) is 122 Å². The fourth-order valence-electron chi connectivity index (χ4n) is 8.60. The summed E-state index contributed by atoms with van der Waals surface area (Å²) < 4.78 is 11.7. The molecule has 4 aliphatic rings. The van der Waals surface area contributed by atoms with E-state index in [1.54, 1.807) is 0 Å². The number of hydrogen-bond acceptors (Lipinski definition) is 3. The molecule has 0 aliphatic heterocycles. The Morgan fingerprint density at radius 3 is 1.84 bits per heavy atom. The average Bonchev–Trinajstić information content (AvgIpc) is 3.06. The molecule has 0 radical (unpaired) electrons. The van der Waals surface area contributed by atoms with Gasteiger partial charge in [0.05, 0.1) is 12.2 Å². The lowest BCUT2D eigenvalue weighted by atomic mass is 9.51. The van der Waals surface area contributed by atoms with Crippen molar-refractivity contribution in [2.75, 3.05) is 6.61 Å². The quantitative estimate of drug-likeness (QED) is 0.111. The Balaban J connectivity index is 1.01. The van der Waals surface area contributed by atoms with Crippen molar-refractivity contribution in [2.24, 2.45) is 17.3 Å². The summed E-state index contributed by atoms with van der Waals surface area (Å²) in [5.41, 5.74) is 2.98. The van der Waals surface area contributed by atoms with E-state index >= 15 is 0 Å². The molecule has 3 heteroatoms. The number of benzene rings is 2. The molecule has 0 spiro atoms. The lowest BCUT2D eigenvalue weighted by Crippen LogP contribution is -2.44. The summed E-state index contributed by atoms with van der Waals surface area (Å²) in [4.78, 5) is 12.9. The van der Waals surface area contributed by atoms with Crippen molar-refractivity contribution >= 4 is 5.97 Å². The summed E-state index contributed by atoms with van der Waals surface area (Å²) in [6.45, 7) is 5.35. The fraction of sp³-hybridized carbons (Fsp3) is 0.675. The van der Waals surface area contributed by atoms with Crippen LogP contribution >= 0.6 is 0 Å². The minimum absolute atomic E-state index is 0.292. The van der Waals surface area contributed by atoms with Gasteiger partial charge >= 0.3 is 5.97 Å². The van der Waals surface area contributed by atoms with E-state index in [1.165, 1.54) is 128 Å². The molecule has 236 valence electrons. The zero-order valence-corrected chi connectivity index (χ0v) is 27.3. The van der Waals surface area contributed by atoms with Crippen molar-refractivity contribution in [3.05, 3.63) is 59.7 Å². The molecule has 2 aromatic rings. The molecule has 2 aromatic carbocycles. The third-order valence-electron chi connectivity index (χ3n) is 11.7. The number of esters is 1. The molecule has 0 N–H and O–H groups in total. The number of carbonyl (C=O) groups excluding carboxylic acids is 1. The number of unbranched alkanes of at least 4 members (excludes halogenated alkanes) is 4. The number of carbonyl (C=O) groups is 1. The van der Waals surface area contributed by atoms with Crippen LogP contribution in [0.2, 0.25) is 0 Å². The first kappa shape index (κ1) is 32.1. The summed E-state index contributed by atoms with van der Waals surface area (Å²) >= 11 is 0. The molecule has 0 atom stereocenters. The predicted octanol–water partition coefficient (Wildman–Crippen LogP) is 11.6. The van der Waals surface area contributed by atoms with Gasteiger partial charge in [-0.15, -0.1) is 0 Å². The lowest BCUT2D eigenvalue weighted by molar-refractivity contribution is 0.0305. The Hall–Kier alpha value is -2.29. The molecule has 0 unspecified atom stereocenters. The molecule has 4 saturated carbocycles. The first-order valence-electron chi connectivity index (χ1n) is 18.1. The van der Waals surface area contributed by atoms with Gasteiger partial charge in [-0.25, -0.2) is 4.79 Å². The molecule has 0 aromatic heterocycles. The second-order valence-electron chi connectivity index (χ2n) is 14.5. The molecule has 0 amide bonds. The fourth-order valence-corrected chi connectivity index (χ4v) is 8.60. The molecule has 4 fully saturated rings. The maximum atomic E-state index is 12.9. The topological polar surface area (TPSA) is 35.5 Å². The highest BCUT2D eigenvalue weighted by atomic mass is 16.5. The summed E-state index contributed by atoms with van der Waals surface area (Å²) in [6, 6.07) is 15.9. The summed E-state index contributed by atoms with van der Waals surface area (Å²) in [7, 11) is 0. The molecule has 0 saturated heterocycles. The normalized spacial score (nSPS) is 26.7. The van der Waals surface area contributed by atoms with E-state index < -0.39 is 0 Å². The Morgan fingerprint density at radius 1 is 0.674 bits per heavy atom. The van der Waals surface area contributed by atoms with E-state index in [0.29, 0.717) is 22.1 Å². The standard InChI is InChI=1S/C40H58O3/c1-3-5-7-10-32-12-14-33(15-13-32)11-9-31-42-36-20-22-37(23-21-36)43-38(41)34-16-18-35(19-17-34)40-28-25-39(26-29-40,27-30-40)24-8-6-4-2/h16-23,32-33H,3-15,24-31H2,1-2H3. The summed E-state index contributed by atoms with van der Waals surface area (Å²) in [5.74, 6) is 2.98. The van der Waals surface area contributed by atoms with Gasteiger partial charge < -0.3 is 9.47 Å². The zero-order chi connectivity index (χ0) is 30.0. The van der Waals surface area contributed by atoms with Crippen LogP contribution in [0.25, 0.3) is 0 Å². The number of ether oxygens (including phenoxy) is 2. The van der Waals surface area contributed by atoms with Crippen molar-refractivity contribution in [2.45, 2.75) is 148 Å². The van der Waals surface area contributed by atoms with Crippen molar-refractivity contribution < 1.29 is 14.3 Å². The number of hydrogen-bond donors (Lipinski definition) is 0. The highest BCUT2D eigenvalue weighted by Gasteiger charge is 2.48. The highest BCUT2D eigenvalue weighted by Crippen LogP contribution is 2.59.